The zero-order valence-electron chi connectivity index (χ0n) is 5.07. The molecule has 0 saturated heterocycles. The van der Waals surface area contributed by atoms with E-state index in [1.54, 1.807) is 0 Å². The third-order valence-electron chi connectivity index (χ3n) is 0.728. The van der Waals surface area contributed by atoms with Crippen LogP contribution in [0.3, 0.4) is 0 Å². The molecular formula is C6H3BrF2Zn. The number of halogens is 3. The number of rotatable bonds is 0. The quantitative estimate of drug-likeness (QED) is 0.404. The molecule has 0 radical (unpaired) electrons. The Kier molecular flexibility index (Phi) is 7.61. The summed E-state index contributed by atoms with van der Waals surface area (Å²) < 4.78 is 23.8. The zero-order valence-corrected chi connectivity index (χ0v) is 9.63. The van der Waals surface area contributed by atoms with Crippen molar-refractivity contribution >= 4 is 0 Å². The Morgan fingerprint density at radius 2 is 1.90 bits per heavy atom. The van der Waals surface area contributed by atoms with Crippen LogP contribution in [0.15, 0.2) is 18.2 Å². The van der Waals surface area contributed by atoms with E-state index in [4.69, 9.17) is 0 Å². The molecule has 0 unspecified atom stereocenters. The van der Waals surface area contributed by atoms with Crippen LogP contribution in [0.1, 0.15) is 0 Å². The summed E-state index contributed by atoms with van der Waals surface area (Å²) in [6.45, 7) is 0. The van der Waals surface area contributed by atoms with E-state index in [0.717, 1.165) is 12.1 Å². The summed E-state index contributed by atoms with van der Waals surface area (Å²) in [7, 11) is 0. The van der Waals surface area contributed by atoms with Gasteiger partial charge in [0, 0.05) is 11.6 Å². The first-order valence-corrected chi connectivity index (χ1v) is 2.12. The van der Waals surface area contributed by atoms with Gasteiger partial charge in [-0.05, 0) is 0 Å². The van der Waals surface area contributed by atoms with Gasteiger partial charge in [0.25, 0.3) is 0 Å². The number of hydrogen-bond acceptors (Lipinski definition) is 0. The second-order valence-electron chi connectivity index (χ2n) is 1.35. The molecule has 0 amide bonds. The van der Waals surface area contributed by atoms with Crippen LogP contribution in [-0.4, -0.2) is 0 Å². The summed E-state index contributed by atoms with van der Waals surface area (Å²) in [4.78, 5) is 0. The van der Waals surface area contributed by atoms with E-state index in [9.17, 15) is 8.78 Å². The maximum absolute atomic E-state index is 11.9. The van der Waals surface area contributed by atoms with E-state index < -0.39 is 11.6 Å². The molecule has 1 aromatic carbocycles. The molecule has 4 heteroatoms. The van der Waals surface area contributed by atoms with E-state index in [2.05, 4.69) is 6.07 Å². The minimum Gasteiger partial charge on any atom is -1.00 e. The van der Waals surface area contributed by atoms with Crippen LogP contribution in [0.25, 0.3) is 0 Å². The minimum atomic E-state index is -0.662. The Labute approximate surface area is 81.2 Å². The summed E-state index contributed by atoms with van der Waals surface area (Å²) in [6.07, 6.45) is 0. The first kappa shape index (κ1) is 12.8. The Hall–Kier alpha value is 0.183. The van der Waals surface area contributed by atoms with Gasteiger partial charge in [-0.25, -0.2) is 8.78 Å². The predicted octanol–water partition coefficient (Wildman–Crippen LogP) is -1.23. The van der Waals surface area contributed by atoms with Gasteiger partial charge in [0.05, 0.1) is 0 Å². The second-order valence-corrected chi connectivity index (χ2v) is 1.35. The molecule has 0 atom stereocenters. The Morgan fingerprint density at radius 3 is 2.20 bits per heavy atom. The standard InChI is InChI=1S/C6H3F2.BrH.Zn/c7-5-2-1-3-6(8)4-5;;/h1-2,4H;1H;/q-1;;+2/p-1. The van der Waals surface area contributed by atoms with Crippen molar-refractivity contribution in [1.82, 2.24) is 0 Å². The van der Waals surface area contributed by atoms with Gasteiger partial charge in [-0.2, -0.15) is 6.07 Å². The first-order chi connectivity index (χ1) is 3.79. The van der Waals surface area contributed by atoms with Gasteiger partial charge in [-0.15, -0.1) is 18.2 Å². The second kappa shape index (κ2) is 5.93. The van der Waals surface area contributed by atoms with Crippen molar-refractivity contribution in [3.8, 4) is 0 Å². The molecule has 0 nitrogen and oxygen atoms in total. The van der Waals surface area contributed by atoms with Crippen LogP contribution in [0.2, 0.25) is 0 Å². The van der Waals surface area contributed by atoms with Gasteiger partial charge in [0.1, 0.15) is 0 Å². The van der Waals surface area contributed by atoms with Gasteiger partial charge in [0.2, 0.25) is 0 Å². The Morgan fingerprint density at radius 1 is 1.30 bits per heavy atom. The Bertz CT molecular complexity index is 176. The molecular weight excluding hydrogens is 255 g/mol. The molecule has 0 saturated carbocycles. The zero-order chi connectivity index (χ0) is 5.98. The monoisotopic (exact) mass is 256 g/mol. The summed E-state index contributed by atoms with van der Waals surface area (Å²) in [5.74, 6) is -1.23. The molecule has 0 fully saturated rings. The largest absolute Gasteiger partial charge is 2.00 e. The molecule has 0 aliphatic carbocycles. The van der Waals surface area contributed by atoms with Crippen LogP contribution >= 0.6 is 0 Å². The summed E-state index contributed by atoms with van der Waals surface area (Å²) in [5, 5.41) is 0. The van der Waals surface area contributed by atoms with Crippen molar-refractivity contribution in [2.45, 2.75) is 0 Å². The van der Waals surface area contributed by atoms with Crippen molar-refractivity contribution < 1.29 is 45.2 Å². The molecule has 1 aromatic rings. The van der Waals surface area contributed by atoms with E-state index in [1.165, 1.54) is 6.07 Å². The van der Waals surface area contributed by atoms with Gasteiger partial charge in [-0.1, -0.05) is 0 Å². The fraction of sp³-hybridized carbons (Fsp3) is 0. The number of benzene rings is 1. The van der Waals surface area contributed by atoms with Crippen molar-refractivity contribution in [3.05, 3.63) is 35.9 Å². The van der Waals surface area contributed by atoms with Crippen LogP contribution in [0, 0.1) is 17.7 Å². The van der Waals surface area contributed by atoms with Crippen molar-refractivity contribution in [2.75, 3.05) is 0 Å². The molecule has 0 aromatic heterocycles. The third-order valence-corrected chi connectivity index (χ3v) is 0.728. The van der Waals surface area contributed by atoms with Crippen molar-refractivity contribution in [1.29, 1.82) is 0 Å². The molecule has 0 spiro atoms. The topological polar surface area (TPSA) is 0 Å². The average molecular weight is 258 g/mol. The SMILES string of the molecule is Fc1[c-]ccc(F)c1.[Br-].[Zn+2]. The molecule has 0 bridgehead atoms. The predicted molar refractivity (Wildman–Crippen MR) is 25.2 cm³/mol. The van der Waals surface area contributed by atoms with E-state index in [0.29, 0.717) is 0 Å². The fourth-order valence-electron chi connectivity index (χ4n) is 0.412. The molecule has 0 heterocycles. The molecule has 0 aliphatic heterocycles. The smallest absolute Gasteiger partial charge is 1.00 e. The third kappa shape index (κ3) is 4.07. The van der Waals surface area contributed by atoms with Crippen LogP contribution < -0.4 is 17.0 Å². The normalized spacial score (nSPS) is 7.40. The van der Waals surface area contributed by atoms with E-state index >= 15 is 0 Å². The first-order valence-electron chi connectivity index (χ1n) is 2.12. The number of hydrogen-bond donors (Lipinski definition) is 0. The summed E-state index contributed by atoms with van der Waals surface area (Å²) in [6, 6.07) is 5.28. The molecule has 1 rings (SSSR count). The van der Waals surface area contributed by atoms with E-state index in [-0.39, 0.29) is 36.5 Å². The molecule has 10 heavy (non-hydrogen) atoms. The van der Waals surface area contributed by atoms with Crippen molar-refractivity contribution in [2.24, 2.45) is 0 Å². The van der Waals surface area contributed by atoms with Gasteiger partial charge in [0.15, 0.2) is 0 Å². The van der Waals surface area contributed by atoms with Crippen LogP contribution in [-0.2, 0) is 19.5 Å². The summed E-state index contributed by atoms with van der Waals surface area (Å²) in [5.41, 5.74) is 0. The van der Waals surface area contributed by atoms with Gasteiger partial charge < -0.3 is 17.0 Å². The maximum Gasteiger partial charge on any atom is 2.00 e. The van der Waals surface area contributed by atoms with Crippen LogP contribution in [0.5, 0.6) is 0 Å². The molecule has 50 valence electrons. The maximum atomic E-state index is 11.9. The minimum absolute atomic E-state index is 0. The van der Waals surface area contributed by atoms with E-state index in [1.807, 2.05) is 0 Å². The molecule has 0 aliphatic rings. The average Bonchev–Trinajstić information content (AvgIpc) is 1.64. The summed E-state index contributed by atoms with van der Waals surface area (Å²) >= 11 is 0. The van der Waals surface area contributed by atoms with Crippen molar-refractivity contribution in [3.63, 3.8) is 0 Å². The van der Waals surface area contributed by atoms with Gasteiger partial charge in [-0.3, -0.25) is 0 Å². The molecule has 0 N–H and O–H groups in total. The Balaban J connectivity index is 0. The van der Waals surface area contributed by atoms with Crippen LogP contribution in [0.4, 0.5) is 8.78 Å². The van der Waals surface area contributed by atoms with Gasteiger partial charge >= 0.3 is 19.5 Å². The fourth-order valence-corrected chi connectivity index (χ4v) is 0.412.